The highest BCUT2D eigenvalue weighted by atomic mass is 16.6. The molecule has 0 bridgehead atoms. The molecule has 3 heterocycles. The molecule has 0 aromatic carbocycles. The molecule has 25 heavy (non-hydrogen) atoms. The highest BCUT2D eigenvalue weighted by molar-refractivity contribution is 5.83. The van der Waals surface area contributed by atoms with Crippen molar-refractivity contribution in [1.29, 1.82) is 0 Å². The molecule has 2 N–H and O–H groups in total. The van der Waals surface area contributed by atoms with E-state index in [9.17, 15) is 19.8 Å². The van der Waals surface area contributed by atoms with E-state index in [2.05, 4.69) is 13.0 Å². The predicted octanol–water partition coefficient (Wildman–Crippen LogP) is 0.142. The van der Waals surface area contributed by atoms with Gasteiger partial charge in [-0.05, 0) is 33.8 Å². The molecule has 6 atom stereocenters. The third-order valence-corrected chi connectivity index (χ3v) is 6.75. The Morgan fingerprint density at radius 1 is 1.32 bits per heavy atom. The van der Waals surface area contributed by atoms with Gasteiger partial charge in [-0.15, -0.1) is 0 Å². The first-order valence-corrected chi connectivity index (χ1v) is 8.94. The molecule has 7 heteroatoms. The fourth-order valence-electron chi connectivity index (χ4n) is 4.40. The van der Waals surface area contributed by atoms with Crippen molar-refractivity contribution in [2.24, 2.45) is 5.92 Å². The topological polar surface area (TPSA) is 93.1 Å². The number of hydrogen-bond donors (Lipinski definition) is 2. The van der Waals surface area contributed by atoms with Crippen molar-refractivity contribution in [3.63, 3.8) is 0 Å². The summed E-state index contributed by atoms with van der Waals surface area (Å²) in [6, 6.07) is -0.0260. The molecule has 0 aromatic heterocycles. The average molecular weight is 354 g/mol. The zero-order chi connectivity index (χ0) is 18.6. The first-order chi connectivity index (χ1) is 11.6. The maximum absolute atomic E-state index is 12.7. The smallest absolute Gasteiger partial charge is 0.341 e. The Morgan fingerprint density at radius 2 is 2.00 bits per heavy atom. The molecule has 3 aliphatic heterocycles. The second-order valence-corrected chi connectivity index (χ2v) is 7.95. The van der Waals surface area contributed by atoms with Crippen molar-refractivity contribution < 1.29 is 33.8 Å². The average Bonchev–Trinajstić information content (AvgIpc) is 3.09. The normalized spacial score (nSPS) is 47.4. The van der Waals surface area contributed by atoms with Gasteiger partial charge in [-0.3, -0.25) is 4.79 Å². The van der Waals surface area contributed by atoms with Gasteiger partial charge in [0.2, 0.25) is 0 Å². The van der Waals surface area contributed by atoms with Gasteiger partial charge < -0.3 is 24.2 Å². The molecule has 0 spiro atoms. The standard InChI is InChI=1S/C18H28NO6/c1-5-19-8-6-12-10-24-16(21)18(4,23)17(3,22)11(2)15(20)25-13(7-9-19)14(12)19/h6,11,13-14,22-23H,5,7-10H2,1-4H3/q+1. The third-order valence-electron chi connectivity index (χ3n) is 6.75. The van der Waals surface area contributed by atoms with Crippen molar-refractivity contribution in [2.75, 3.05) is 26.2 Å². The van der Waals surface area contributed by atoms with Crippen LogP contribution < -0.4 is 0 Å². The summed E-state index contributed by atoms with van der Waals surface area (Å²) in [5.74, 6) is -2.62. The Morgan fingerprint density at radius 3 is 2.64 bits per heavy atom. The monoisotopic (exact) mass is 354 g/mol. The molecule has 3 rings (SSSR count). The molecule has 140 valence electrons. The summed E-state index contributed by atoms with van der Waals surface area (Å²) in [7, 11) is 0. The molecule has 0 aliphatic carbocycles. The summed E-state index contributed by atoms with van der Waals surface area (Å²) < 4.78 is 11.9. The van der Waals surface area contributed by atoms with Crippen LogP contribution in [-0.2, 0) is 19.1 Å². The largest absolute Gasteiger partial charge is 0.459 e. The molecule has 6 unspecified atom stereocenters. The van der Waals surface area contributed by atoms with E-state index in [1.165, 1.54) is 20.8 Å². The zero-order valence-corrected chi connectivity index (χ0v) is 15.3. The molecule has 3 aliphatic rings. The number of cyclic esters (lactones) is 1. The number of esters is 2. The van der Waals surface area contributed by atoms with E-state index in [0.29, 0.717) is 0 Å². The fourth-order valence-corrected chi connectivity index (χ4v) is 4.40. The van der Waals surface area contributed by atoms with Crippen molar-refractivity contribution in [2.45, 2.75) is 57.5 Å². The van der Waals surface area contributed by atoms with Crippen LogP contribution >= 0.6 is 0 Å². The van der Waals surface area contributed by atoms with Gasteiger partial charge in [-0.25, -0.2) is 4.79 Å². The van der Waals surface area contributed by atoms with E-state index in [-0.39, 0.29) is 18.8 Å². The zero-order valence-electron chi connectivity index (χ0n) is 15.3. The van der Waals surface area contributed by atoms with Crippen molar-refractivity contribution in [3.8, 4) is 0 Å². The summed E-state index contributed by atoms with van der Waals surface area (Å²) in [6.45, 7) is 8.67. The fraction of sp³-hybridized carbons (Fsp3) is 0.778. The van der Waals surface area contributed by atoms with Crippen LogP contribution in [0.1, 0.15) is 34.1 Å². The van der Waals surface area contributed by atoms with Gasteiger partial charge in [0, 0.05) is 12.0 Å². The molecule has 7 nitrogen and oxygen atoms in total. The first-order valence-electron chi connectivity index (χ1n) is 8.94. The van der Waals surface area contributed by atoms with Gasteiger partial charge in [0.25, 0.3) is 0 Å². The van der Waals surface area contributed by atoms with Gasteiger partial charge in [0.05, 0.1) is 25.6 Å². The number of carbonyl (C=O) groups excluding carboxylic acids is 2. The second kappa shape index (κ2) is 5.79. The van der Waals surface area contributed by atoms with E-state index in [1.807, 2.05) is 0 Å². The summed E-state index contributed by atoms with van der Waals surface area (Å²) in [5.41, 5.74) is -3.30. The lowest BCUT2D eigenvalue weighted by atomic mass is 9.76. The Hall–Kier alpha value is -1.44. The maximum atomic E-state index is 12.7. The van der Waals surface area contributed by atoms with Crippen LogP contribution in [0.2, 0.25) is 0 Å². The Balaban J connectivity index is 2.00. The number of aliphatic hydroxyl groups is 2. The van der Waals surface area contributed by atoms with Gasteiger partial charge in [-0.2, -0.15) is 0 Å². The number of hydrogen-bond acceptors (Lipinski definition) is 6. The molecule has 2 saturated heterocycles. The lowest BCUT2D eigenvalue weighted by Gasteiger charge is -2.39. The van der Waals surface area contributed by atoms with Gasteiger partial charge in [-0.1, -0.05) is 0 Å². The lowest BCUT2D eigenvalue weighted by Crippen LogP contribution is -2.61. The summed E-state index contributed by atoms with van der Waals surface area (Å²) in [5, 5.41) is 21.3. The van der Waals surface area contributed by atoms with E-state index < -0.39 is 29.1 Å². The van der Waals surface area contributed by atoms with Crippen LogP contribution in [0, 0.1) is 5.92 Å². The van der Waals surface area contributed by atoms with Crippen LogP contribution in [0.3, 0.4) is 0 Å². The van der Waals surface area contributed by atoms with Crippen LogP contribution in [0.25, 0.3) is 0 Å². The number of likely N-dealkylation sites (N-methyl/N-ethyl adjacent to an activating group) is 1. The highest BCUT2D eigenvalue weighted by Crippen LogP contribution is 2.41. The quantitative estimate of drug-likeness (QED) is 0.395. The van der Waals surface area contributed by atoms with E-state index in [0.717, 1.165) is 36.1 Å². The molecular weight excluding hydrogens is 326 g/mol. The van der Waals surface area contributed by atoms with E-state index >= 15 is 0 Å². The first kappa shape index (κ1) is 18.4. The number of rotatable bonds is 1. The van der Waals surface area contributed by atoms with Crippen LogP contribution in [-0.4, -0.2) is 76.2 Å². The van der Waals surface area contributed by atoms with Crippen molar-refractivity contribution in [3.05, 3.63) is 11.6 Å². The van der Waals surface area contributed by atoms with Crippen LogP contribution in [0.5, 0.6) is 0 Å². The SMILES string of the molecule is CC[N+]12CC=C3COC(=O)C(C)(O)C(C)(O)C(C)C(=O)OC(CC1)C32. The molecular formula is C18H28NO6+. The number of nitrogens with zero attached hydrogens (tertiary/aromatic N) is 1. The summed E-state index contributed by atoms with van der Waals surface area (Å²) in [4.78, 5) is 25.1. The van der Waals surface area contributed by atoms with Crippen LogP contribution in [0.4, 0.5) is 0 Å². The predicted molar refractivity (Wildman–Crippen MR) is 88.3 cm³/mol. The number of carbonyl (C=O) groups is 2. The van der Waals surface area contributed by atoms with Gasteiger partial charge in [0.15, 0.2) is 17.7 Å². The minimum atomic E-state index is -2.22. The van der Waals surface area contributed by atoms with Crippen LogP contribution in [0.15, 0.2) is 11.6 Å². The number of quaternary nitrogens is 1. The van der Waals surface area contributed by atoms with Crippen molar-refractivity contribution in [1.82, 2.24) is 0 Å². The Kier molecular flexibility index (Phi) is 4.25. The molecule has 2 fully saturated rings. The van der Waals surface area contributed by atoms with Gasteiger partial charge >= 0.3 is 11.9 Å². The van der Waals surface area contributed by atoms with Gasteiger partial charge in [0.1, 0.15) is 12.2 Å². The van der Waals surface area contributed by atoms with Crippen molar-refractivity contribution >= 4 is 11.9 Å². The highest BCUT2D eigenvalue weighted by Gasteiger charge is 2.58. The van der Waals surface area contributed by atoms with E-state index in [4.69, 9.17) is 9.47 Å². The molecule has 0 saturated carbocycles. The second-order valence-electron chi connectivity index (χ2n) is 7.95. The molecule has 0 aromatic rings. The maximum Gasteiger partial charge on any atom is 0.341 e. The summed E-state index contributed by atoms with van der Waals surface area (Å²) in [6.07, 6.45) is 2.48. The third kappa shape index (κ3) is 2.52. The number of ether oxygens (including phenoxy) is 2. The minimum Gasteiger partial charge on any atom is -0.459 e. The molecule has 0 radical (unpaired) electrons. The summed E-state index contributed by atoms with van der Waals surface area (Å²) >= 11 is 0. The minimum absolute atomic E-state index is 0.0260. The lowest BCUT2D eigenvalue weighted by molar-refractivity contribution is -0.923. The Labute approximate surface area is 147 Å². The van der Waals surface area contributed by atoms with E-state index in [1.54, 1.807) is 0 Å². The molecule has 0 amide bonds. The Bertz CT molecular complexity index is 625.